The average Bonchev–Trinajstić information content (AvgIpc) is 2.97. The quantitative estimate of drug-likeness (QED) is 0.670. The maximum absolute atomic E-state index is 12.9. The zero-order chi connectivity index (χ0) is 23.0. The van der Waals surface area contributed by atoms with E-state index in [0.717, 1.165) is 44.3 Å². The van der Waals surface area contributed by atoms with Gasteiger partial charge >= 0.3 is 6.09 Å². The number of carbonyl (C=O) groups is 2. The van der Waals surface area contributed by atoms with Crippen molar-refractivity contribution in [1.29, 1.82) is 0 Å². The van der Waals surface area contributed by atoms with Crippen LogP contribution in [0.15, 0.2) is 18.2 Å². The Balaban J connectivity index is 1.99. The lowest BCUT2D eigenvalue weighted by Crippen LogP contribution is -2.42. The number of nitrogens with one attached hydrogen (secondary N) is 1. The summed E-state index contributed by atoms with van der Waals surface area (Å²) in [4.78, 5) is 29.4. The van der Waals surface area contributed by atoms with Gasteiger partial charge in [0.05, 0.1) is 6.54 Å². The number of likely N-dealkylation sites (tertiary alicyclic amines) is 1. The molecule has 1 fully saturated rings. The van der Waals surface area contributed by atoms with Gasteiger partial charge in [0.25, 0.3) is 0 Å². The summed E-state index contributed by atoms with van der Waals surface area (Å²) in [5, 5.41) is 3.19. The molecule has 0 bridgehead atoms. The number of aryl methyl sites for hydroxylation is 2. The van der Waals surface area contributed by atoms with E-state index < -0.39 is 5.60 Å². The molecule has 0 aliphatic carbocycles. The number of carbonyl (C=O) groups excluding carboxylic acids is 2. The van der Waals surface area contributed by atoms with E-state index in [4.69, 9.17) is 4.74 Å². The molecule has 0 spiro atoms. The number of benzene rings is 1. The summed E-state index contributed by atoms with van der Waals surface area (Å²) in [5.74, 6) is 0.0331. The lowest BCUT2D eigenvalue weighted by molar-refractivity contribution is -0.117. The van der Waals surface area contributed by atoms with E-state index in [1.54, 1.807) is 0 Å². The molecule has 0 aromatic heterocycles. The van der Waals surface area contributed by atoms with E-state index >= 15 is 0 Å². The molecule has 6 heteroatoms. The Kier molecular flexibility index (Phi) is 9.35. The number of anilines is 1. The van der Waals surface area contributed by atoms with Crippen molar-refractivity contribution in [2.24, 2.45) is 0 Å². The molecular weight excluding hydrogens is 390 g/mol. The second-order valence-electron chi connectivity index (χ2n) is 9.32. The number of rotatable bonds is 7. The number of hydrogen-bond acceptors (Lipinski definition) is 4. The van der Waals surface area contributed by atoms with Crippen molar-refractivity contribution >= 4 is 17.7 Å². The van der Waals surface area contributed by atoms with Crippen molar-refractivity contribution in [3.8, 4) is 0 Å². The third-order valence-corrected chi connectivity index (χ3v) is 5.88. The topological polar surface area (TPSA) is 61.9 Å². The molecule has 1 aliphatic heterocycles. The van der Waals surface area contributed by atoms with E-state index in [9.17, 15) is 9.59 Å². The number of nitrogens with zero attached hydrogens (tertiary/aromatic N) is 2. The number of ether oxygens (including phenoxy) is 1. The Labute approximate surface area is 188 Å². The van der Waals surface area contributed by atoms with Crippen molar-refractivity contribution in [2.45, 2.75) is 85.3 Å². The third-order valence-electron chi connectivity index (χ3n) is 5.88. The number of likely N-dealkylation sites (N-methyl/N-ethyl adjacent to an activating group) is 1. The molecule has 1 aromatic carbocycles. The van der Waals surface area contributed by atoms with Gasteiger partial charge in [0.1, 0.15) is 5.60 Å². The SMILES string of the molecule is CCc1cccc(CC)c1NC(=O)CN(CC)[C@@H]1CCCN(C(=O)OC(C)(C)C)CC1. The molecular formula is C25H41N3O3. The van der Waals surface area contributed by atoms with Gasteiger partial charge in [-0.25, -0.2) is 4.79 Å². The first kappa shape index (κ1) is 25.2. The van der Waals surface area contributed by atoms with Gasteiger partial charge in [-0.2, -0.15) is 0 Å². The van der Waals surface area contributed by atoms with E-state index in [2.05, 4.69) is 49.2 Å². The average molecular weight is 432 g/mol. The highest BCUT2D eigenvalue weighted by Crippen LogP contribution is 2.23. The molecule has 1 aliphatic rings. The minimum absolute atomic E-state index is 0.0331. The van der Waals surface area contributed by atoms with Gasteiger partial charge in [-0.1, -0.05) is 39.0 Å². The molecule has 0 unspecified atom stereocenters. The van der Waals surface area contributed by atoms with Crippen LogP contribution in [0.5, 0.6) is 0 Å². The van der Waals surface area contributed by atoms with Gasteiger partial charge in [0.2, 0.25) is 5.91 Å². The molecule has 1 aromatic rings. The zero-order valence-corrected chi connectivity index (χ0v) is 20.3. The molecule has 0 radical (unpaired) electrons. The highest BCUT2D eigenvalue weighted by atomic mass is 16.6. The number of hydrogen-bond donors (Lipinski definition) is 1. The minimum Gasteiger partial charge on any atom is -0.444 e. The van der Waals surface area contributed by atoms with Gasteiger partial charge in [0, 0.05) is 24.8 Å². The van der Waals surface area contributed by atoms with Gasteiger partial charge in [-0.15, -0.1) is 0 Å². The maximum Gasteiger partial charge on any atom is 0.410 e. The molecule has 0 saturated carbocycles. The Bertz CT molecular complexity index is 720. The molecule has 1 heterocycles. The lowest BCUT2D eigenvalue weighted by atomic mass is 10.0. The fraction of sp³-hybridized carbons (Fsp3) is 0.680. The van der Waals surface area contributed by atoms with Crippen LogP contribution in [0.3, 0.4) is 0 Å². The lowest BCUT2D eigenvalue weighted by Gasteiger charge is -2.30. The Morgan fingerprint density at radius 2 is 1.74 bits per heavy atom. The van der Waals surface area contributed by atoms with Crippen LogP contribution >= 0.6 is 0 Å². The molecule has 2 amide bonds. The van der Waals surface area contributed by atoms with Crippen molar-refractivity contribution < 1.29 is 14.3 Å². The summed E-state index contributed by atoms with van der Waals surface area (Å²) in [5.41, 5.74) is 2.85. The van der Waals surface area contributed by atoms with Crippen molar-refractivity contribution in [3.63, 3.8) is 0 Å². The zero-order valence-electron chi connectivity index (χ0n) is 20.3. The largest absolute Gasteiger partial charge is 0.444 e. The fourth-order valence-electron chi connectivity index (χ4n) is 4.22. The van der Waals surface area contributed by atoms with Crippen LogP contribution < -0.4 is 5.32 Å². The van der Waals surface area contributed by atoms with Gasteiger partial charge in [0.15, 0.2) is 0 Å². The van der Waals surface area contributed by atoms with Crippen LogP contribution in [0.25, 0.3) is 0 Å². The van der Waals surface area contributed by atoms with Gasteiger partial charge in [-0.05, 0) is 70.5 Å². The molecule has 6 nitrogen and oxygen atoms in total. The minimum atomic E-state index is -0.484. The van der Waals surface area contributed by atoms with Crippen LogP contribution in [0.4, 0.5) is 10.5 Å². The summed E-state index contributed by atoms with van der Waals surface area (Å²) in [7, 11) is 0. The van der Waals surface area contributed by atoms with Crippen molar-refractivity contribution in [3.05, 3.63) is 29.3 Å². The summed E-state index contributed by atoms with van der Waals surface area (Å²) in [6.07, 6.45) is 4.30. The molecule has 1 atom stereocenters. The molecule has 1 saturated heterocycles. The van der Waals surface area contributed by atoms with E-state index in [1.807, 2.05) is 25.7 Å². The van der Waals surface area contributed by atoms with Crippen LogP contribution in [0.2, 0.25) is 0 Å². The second-order valence-corrected chi connectivity index (χ2v) is 9.32. The standard InChI is InChI=1S/C25H41N3O3/c1-7-19-12-10-13-20(8-2)23(19)26-22(29)18-27(9-3)21-14-11-16-28(17-15-21)24(30)31-25(4,5)6/h10,12-13,21H,7-9,11,14-18H2,1-6H3,(H,26,29)/t21-/m1/s1. The van der Waals surface area contributed by atoms with Crippen LogP contribution in [-0.2, 0) is 22.4 Å². The van der Waals surface area contributed by atoms with Crippen LogP contribution in [0, 0.1) is 0 Å². The van der Waals surface area contributed by atoms with Gasteiger partial charge in [-0.3, -0.25) is 9.69 Å². The predicted octanol–water partition coefficient (Wildman–Crippen LogP) is 4.86. The molecule has 31 heavy (non-hydrogen) atoms. The first-order valence-electron chi connectivity index (χ1n) is 11.8. The molecule has 1 N–H and O–H groups in total. The predicted molar refractivity (Wildman–Crippen MR) is 127 cm³/mol. The van der Waals surface area contributed by atoms with Crippen LogP contribution in [-0.4, -0.2) is 59.6 Å². The summed E-state index contributed by atoms with van der Waals surface area (Å²) in [6, 6.07) is 6.52. The number of para-hydroxylation sites is 1. The first-order valence-corrected chi connectivity index (χ1v) is 11.8. The highest BCUT2D eigenvalue weighted by molar-refractivity contribution is 5.93. The molecule has 2 rings (SSSR count). The van der Waals surface area contributed by atoms with Crippen LogP contribution in [0.1, 0.15) is 71.9 Å². The highest BCUT2D eigenvalue weighted by Gasteiger charge is 2.28. The van der Waals surface area contributed by atoms with Crippen molar-refractivity contribution in [1.82, 2.24) is 9.80 Å². The Morgan fingerprint density at radius 1 is 1.10 bits per heavy atom. The summed E-state index contributed by atoms with van der Waals surface area (Å²) in [6.45, 7) is 14.6. The Morgan fingerprint density at radius 3 is 2.29 bits per heavy atom. The van der Waals surface area contributed by atoms with Crippen molar-refractivity contribution in [2.75, 3.05) is 31.5 Å². The molecule has 174 valence electrons. The van der Waals surface area contributed by atoms with Gasteiger partial charge < -0.3 is 15.0 Å². The normalized spacial score (nSPS) is 17.4. The fourth-order valence-corrected chi connectivity index (χ4v) is 4.22. The first-order chi connectivity index (χ1) is 14.7. The second kappa shape index (κ2) is 11.5. The van der Waals surface area contributed by atoms with E-state index in [0.29, 0.717) is 19.6 Å². The Hall–Kier alpha value is -2.08. The third kappa shape index (κ3) is 7.53. The smallest absolute Gasteiger partial charge is 0.410 e. The number of amides is 2. The summed E-state index contributed by atoms with van der Waals surface area (Å²) >= 11 is 0. The summed E-state index contributed by atoms with van der Waals surface area (Å²) < 4.78 is 5.54. The monoisotopic (exact) mass is 431 g/mol. The van der Waals surface area contributed by atoms with E-state index in [-0.39, 0.29) is 18.0 Å². The van der Waals surface area contributed by atoms with E-state index in [1.165, 1.54) is 11.1 Å². The maximum atomic E-state index is 12.9.